The Bertz CT molecular complexity index is 751. The van der Waals surface area contributed by atoms with Gasteiger partial charge in [0, 0.05) is 11.0 Å². The van der Waals surface area contributed by atoms with Gasteiger partial charge < -0.3 is 20.1 Å². The number of alkyl halides is 1. The number of rotatable bonds is 7. The fraction of sp³-hybridized carbons (Fsp3) is 0.316. The van der Waals surface area contributed by atoms with Gasteiger partial charge in [0.15, 0.2) is 11.5 Å². The summed E-state index contributed by atoms with van der Waals surface area (Å²) < 4.78 is 11.3. The van der Waals surface area contributed by atoms with Crippen molar-refractivity contribution in [3.8, 4) is 11.5 Å². The summed E-state index contributed by atoms with van der Waals surface area (Å²) >= 11 is 3.42. The van der Waals surface area contributed by atoms with Crippen LogP contribution >= 0.6 is 15.9 Å². The van der Waals surface area contributed by atoms with Crippen molar-refractivity contribution < 1.29 is 14.3 Å². The van der Waals surface area contributed by atoms with E-state index in [4.69, 9.17) is 9.47 Å². The van der Waals surface area contributed by atoms with Crippen molar-refractivity contribution in [1.82, 2.24) is 5.32 Å². The molecule has 0 aliphatic carbocycles. The maximum Gasteiger partial charge on any atom is 0.255 e. The van der Waals surface area contributed by atoms with Crippen molar-refractivity contribution in [2.45, 2.75) is 19.0 Å². The van der Waals surface area contributed by atoms with E-state index in [0.29, 0.717) is 23.7 Å². The molecule has 1 unspecified atom stereocenters. The Balaban J connectivity index is 1.79. The van der Waals surface area contributed by atoms with Crippen LogP contribution in [0.15, 0.2) is 42.5 Å². The van der Waals surface area contributed by atoms with Crippen molar-refractivity contribution in [2.75, 3.05) is 24.4 Å². The van der Waals surface area contributed by atoms with Crippen LogP contribution in [0.4, 0.5) is 5.69 Å². The Hall–Kier alpha value is -2.21. The van der Waals surface area contributed by atoms with Gasteiger partial charge in [-0.25, -0.2) is 0 Å². The highest BCUT2D eigenvalue weighted by atomic mass is 79.9. The molecule has 0 aromatic heterocycles. The summed E-state index contributed by atoms with van der Waals surface area (Å²) in [5.41, 5.74) is 2.39. The van der Waals surface area contributed by atoms with Crippen molar-refractivity contribution in [3.63, 3.8) is 0 Å². The number of hydrogen-bond donors (Lipinski definition) is 2. The van der Waals surface area contributed by atoms with Gasteiger partial charge in [-0.05, 0) is 42.7 Å². The molecule has 1 amide bonds. The first-order valence-corrected chi connectivity index (χ1v) is 9.38. The maximum atomic E-state index is 12.3. The van der Waals surface area contributed by atoms with Gasteiger partial charge in [0.25, 0.3) is 5.91 Å². The molecule has 1 aliphatic rings. The van der Waals surface area contributed by atoms with Crippen LogP contribution in [0.3, 0.4) is 0 Å². The first-order valence-electron chi connectivity index (χ1n) is 8.26. The van der Waals surface area contributed by atoms with E-state index in [9.17, 15) is 4.79 Å². The molecule has 0 spiro atoms. The van der Waals surface area contributed by atoms with E-state index in [1.807, 2.05) is 36.4 Å². The predicted molar refractivity (Wildman–Crippen MR) is 102 cm³/mol. The van der Waals surface area contributed by atoms with Crippen molar-refractivity contribution in [2.24, 2.45) is 0 Å². The molecule has 2 aromatic carbocycles. The summed E-state index contributed by atoms with van der Waals surface area (Å²) in [4.78, 5) is 12.3. The third kappa shape index (κ3) is 4.07. The number of ether oxygens (including phenoxy) is 2. The molecule has 2 N–H and O–H groups in total. The number of hydrogen-bond acceptors (Lipinski definition) is 4. The topological polar surface area (TPSA) is 59.6 Å². The zero-order valence-electron chi connectivity index (χ0n) is 14.0. The second-order valence-electron chi connectivity index (χ2n) is 5.75. The second-order valence-corrected chi connectivity index (χ2v) is 6.54. The van der Waals surface area contributed by atoms with Crippen LogP contribution in [0.2, 0.25) is 0 Å². The monoisotopic (exact) mass is 404 g/mol. The molecule has 5 nitrogen and oxygen atoms in total. The lowest BCUT2D eigenvalue weighted by atomic mass is 10.1. The Kier molecular flexibility index (Phi) is 5.81. The van der Waals surface area contributed by atoms with Crippen LogP contribution in [0, 0.1) is 0 Å². The number of halogens is 1. The summed E-state index contributed by atoms with van der Waals surface area (Å²) in [6, 6.07) is 13.2. The molecule has 2 aromatic rings. The molecule has 0 saturated heterocycles. The number of benzene rings is 2. The predicted octanol–water partition coefficient (Wildman–Crippen LogP) is 4.10. The average Bonchev–Trinajstić information content (AvgIpc) is 2.65. The lowest BCUT2D eigenvalue weighted by Gasteiger charge is -2.28. The minimum absolute atomic E-state index is 0.0880. The highest BCUT2D eigenvalue weighted by Crippen LogP contribution is 2.33. The van der Waals surface area contributed by atoms with Crippen LogP contribution in [0.25, 0.3) is 0 Å². The van der Waals surface area contributed by atoms with Crippen LogP contribution in [-0.2, 0) is 0 Å². The van der Waals surface area contributed by atoms with Gasteiger partial charge in [0.2, 0.25) is 0 Å². The molecule has 3 rings (SSSR count). The van der Waals surface area contributed by atoms with Gasteiger partial charge in [-0.3, -0.25) is 4.79 Å². The third-order valence-corrected chi connectivity index (χ3v) is 4.61. The molecule has 0 radical (unpaired) electrons. The lowest BCUT2D eigenvalue weighted by molar-refractivity contribution is 0.0935. The SMILES string of the molecule is COc1ccc(C2NC(=O)c3ccccc3N2)cc1OCCCCBr. The summed E-state index contributed by atoms with van der Waals surface area (Å²) in [5.74, 6) is 1.28. The highest BCUT2D eigenvalue weighted by Gasteiger charge is 2.24. The van der Waals surface area contributed by atoms with Crippen molar-refractivity contribution in [3.05, 3.63) is 53.6 Å². The standard InChI is InChI=1S/C19H21BrN2O3/c1-24-16-9-8-13(12-17(16)25-11-5-4-10-20)18-21-15-7-3-2-6-14(15)19(23)22-18/h2-3,6-9,12,18,21H,4-5,10-11H2,1H3,(H,22,23). The lowest BCUT2D eigenvalue weighted by Crippen LogP contribution is -2.38. The number of unbranched alkanes of at least 4 members (excludes halogenated alkanes) is 1. The number of amides is 1. The number of carbonyl (C=O) groups excluding carboxylic acids is 1. The second kappa shape index (κ2) is 8.25. The van der Waals surface area contributed by atoms with Crippen LogP contribution in [0.1, 0.15) is 34.9 Å². The van der Waals surface area contributed by atoms with E-state index in [2.05, 4.69) is 26.6 Å². The van der Waals surface area contributed by atoms with Gasteiger partial charge in [-0.1, -0.05) is 34.1 Å². The smallest absolute Gasteiger partial charge is 0.255 e. The zero-order chi connectivity index (χ0) is 17.6. The summed E-state index contributed by atoms with van der Waals surface area (Å²) in [5, 5.41) is 7.29. The number of nitrogens with one attached hydrogen (secondary N) is 2. The molecule has 6 heteroatoms. The first-order chi connectivity index (χ1) is 12.2. The maximum absolute atomic E-state index is 12.3. The largest absolute Gasteiger partial charge is 0.493 e. The van der Waals surface area contributed by atoms with E-state index in [1.165, 1.54) is 0 Å². The molecule has 0 fully saturated rings. The van der Waals surface area contributed by atoms with E-state index in [1.54, 1.807) is 13.2 Å². The molecule has 0 saturated carbocycles. The zero-order valence-corrected chi connectivity index (χ0v) is 15.6. The molecular formula is C19H21BrN2O3. The average molecular weight is 405 g/mol. The quantitative estimate of drug-likeness (QED) is 0.538. The molecule has 132 valence electrons. The fourth-order valence-electron chi connectivity index (χ4n) is 2.74. The molecule has 1 aliphatic heterocycles. The normalized spacial score (nSPS) is 15.8. The minimum atomic E-state index is -0.307. The Morgan fingerprint density at radius 3 is 2.72 bits per heavy atom. The number of methoxy groups -OCH3 is 1. The van der Waals surface area contributed by atoms with Crippen LogP contribution < -0.4 is 20.1 Å². The Morgan fingerprint density at radius 2 is 1.92 bits per heavy atom. The summed E-state index contributed by atoms with van der Waals surface area (Å²) in [6.45, 7) is 0.624. The van der Waals surface area contributed by atoms with Gasteiger partial charge in [-0.15, -0.1) is 0 Å². The van der Waals surface area contributed by atoms with E-state index in [0.717, 1.165) is 29.4 Å². The van der Waals surface area contributed by atoms with E-state index < -0.39 is 0 Å². The first kappa shape index (κ1) is 17.6. The van der Waals surface area contributed by atoms with Gasteiger partial charge in [-0.2, -0.15) is 0 Å². The van der Waals surface area contributed by atoms with Gasteiger partial charge in [0.05, 0.1) is 19.3 Å². The number of anilines is 1. The third-order valence-electron chi connectivity index (χ3n) is 4.05. The highest BCUT2D eigenvalue weighted by molar-refractivity contribution is 9.09. The van der Waals surface area contributed by atoms with Crippen LogP contribution in [0.5, 0.6) is 11.5 Å². The molecule has 1 atom stereocenters. The van der Waals surface area contributed by atoms with E-state index >= 15 is 0 Å². The Morgan fingerprint density at radius 1 is 1.08 bits per heavy atom. The minimum Gasteiger partial charge on any atom is -0.493 e. The molecule has 1 heterocycles. The van der Waals surface area contributed by atoms with Gasteiger partial charge in [0.1, 0.15) is 6.17 Å². The number of para-hydroxylation sites is 1. The van der Waals surface area contributed by atoms with Crippen molar-refractivity contribution >= 4 is 27.5 Å². The molecule has 0 bridgehead atoms. The summed E-state index contributed by atoms with van der Waals surface area (Å²) in [7, 11) is 1.62. The van der Waals surface area contributed by atoms with Gasteiger partial charge >= 0.3 is 0 Å². The fourth-order valence-corrected chi connectivity index (χ4v) is 3.13. The number of fused-ring (bicyclic) bond motifs is 1. The number of carbonyl (C=O) groups is 1. The van der Waals surface area contributed by atoms with Crippen LogP contribution in [-0.4, -0.2) is 25.0 Å². The molecular weight excluding hydrogens is 384 g/mol. The van der Waals surface area contributed by atoms with Crippen molar-refractivity contribution in [1.29, 1.82) is 0 Å². The summed E-state index contributed by atoms with van der Waals surface area (Å²) in [6.07, 6.45) is 1.71. The van der Waals surface area contributed by atoms with E-state index in [-0.39, 0.29) is 12.1 Å². The Labute approximate surface area is 155 Å². The molecule has 25 heavy (non-hydrogen) atoms.